The third-order valence-electron chi connectivity index (χ3n) is 2.10. The minimum atomic E-state index is 1.14. The smallest absolute Gasteiger partial charge is 0.0306 e. The summed E-state index contributed by atoms with van der Waals surface area (Å²) < 4.78 is 0. The molecule has 69 valence electrons. The maximum atomic E-state index is 4.07. The van der Waals surface area contributed by atoms with Gasteiger partial charge in [-0.1, -0.05) is 35.9 Å². The molecule has 0 bridgehead atoms. The maximum Gasteiger partial charge on any atom is 0.0306 e. The molecular formula is C13H12N. The number of aromatic nitrogens is 1. The van der Waals surface area contributed by atoms with Gasteiger partial charge in [0.1, 0.15) is 0 Å². The monoisotopic (exact) mass is 182 g/mol. The summed E-state index contributed by atoms with van der Waals surface area (Å²) >= 11 is 0. The highest BCUT2D eigenvalue weighted by atomic mass is 14.6. The zero-order valence-corrected chi connectivity index (χ0v) is 8.14. The fourth-order valence-electron chi connectivity index (χ4n) is 1.32. The second-order valence-corrected chi connectivity index (χ2v) is 3.34. The number of hydrogen-bond acceptors (Lipinski definition) is 1. The Morgan fingerprint density at radius 3 is 2.43 bits per heavy atom. The van der Waals surface area contributed by atoms with Gasteiger partial charge in [0.05, 0.1) is 0 Å². The van der Waals surface area contributed by atoms with Gasteiger partial charge in [-0.3, -0.25) is 4.98 Å². The lowest BCUT2D eigenvalue weighted by molar-refractivity contribution is 1.27. The van der Waals surface area contributed by atoms with Crippen LogP contribution in [0.15, 0.2) is 48.8 Å². The number of rotatable bonds is 2. The van der Waals surface area contributed by atoms with Crippen molar-refractivity contribution in [3.05, 3.63) is 71.9 Å². The Kier molecular flexibility index (Phi) is 2.59. The van der Waals surface area contributed by atoms with Gasteiger partial charge >= 0.3 is 0 Å². The van der Waals surface area contributed by atoms with E-state index in [2.05, 4.69) is 42.6 Å². The Morgan fingerprint density at radius 1 is 1.00 bits per heavy atom. The third-order valence-corrected chi connectivity index (χ3v) is 2.10. The van der Waals surface area contributed by atoms with Crippen LogP contribution in [0.5, 0.6) is 0 Å². The van der Waals surface area contributed by atoms with E-state index >= 15 is 0 Å². The van der Waals surface area contributed by atoms with Crippen LogP contribution in [0, 0.1) is 13.3 Å². The van der Waals surface area contributed by atoms with Crippen LogP contribution in [0.3, 0.4) is 0 Å². The summed E-state index contributed by atoms with van der Waals surface area (Å²) in [6.07, 6.45) is 5.76. The van der Waals surface area contributed by atoms with Crippen molar-refractivity contribution >= 4 is 0 Å². The molecule has 1 heterocycles. The highest BCUT2D eigenvalue weighted by Gasteiger charge is 1.95. The highest BCUT2D eigenvalue weighted by Crippen LogP contribution is 2.11. The number of hydrogen-bond donors (Lipinski definition) is 0. The fraction of sp³-hybridized carbons (Fsp3) is 0.0769. The van der Waals surface area contributed by atoms with Crippen molar-refractivity contribution in [1.82, 2.24) is 4.98 Å². The van der Waals surface area contributed by atoms with Crippen LogP contribution in [0.25, 0.3) is 0 Å². The van der Waals surface area contributed by atoms with Gasteiger partial charge in [-0.05, 0) is 24.1 Å². The van der Waals surface area contributed by atoms with Crippen molar-refractivity contribution < 1.29 is 0 Å². The second-order valence-electron chi connectivity index (χ2n) is 3.34. The average molecular weight is 182 g/mol. The summed E-state index contributed by atoms with van der Waals surface area (Å²) in [6, 6.07) is 12.4. The first-order valence-corrected chi connectivity index (χ1v) is 4.66. The van der Waals surface area contributed by atoms with Crippen molar-refractivity contribution in [2.24, 2.45) is 0 Å². The molecule has 14 heavy (non-hydrogen) atoms. The molecule has 0 aliphatic heterocycles. The van der Waals surface area contributed by atoms with Crippen molar-refractivity contribution in [3.8, 4) is 0 Å². The van der Waals surface area contributed by atoms with E-state index < -0.39 is 0 Å². The van der Waals surface area contributed by atoms with Gasteiger partial charge in [0.2, 0.25) is 0 Å². The van der Waals surface area contributed by atoms with Crippen molar-refractivity contribution in [3.63, 3.8) is 0 Å². The molecule has 0 aliphatic rings. The molecule has 1 heteroatoms. The SMILES string of the molecule is Cc1ccc([CH]c2cccnc2)cc1. The average Bonchev–Trinajstić information content (AvgIpc) is 2.23. The number of nitrogens with zero attached hydrogens (tertiary/aromatic N) is 1. The highest BCUT2D eigenvalue weighted by molar-refractivity contribution is 5.36. The second kappa shape index (κ2) is 4.05. The first kappa shape index (κ1) is 8.95. The summed E-state index contributed by atoms with van der Waals surface area (Å²) in [5.41, 5.74) is 3.63. The molecular weight excluding hydrogens is 170 g/mol. The molecule has 0 saturated carbocycles. The largest absolute Gasteiger partial charge is 0.264 e. The summed E-state index contributed by atoms with van der Waals surface area (Å²) in [4.78, 5) is 4.07. The van der Waals surface area contributed by atoms with Gasteiger partial charge in [-0.15, -0.1) is 0 Å². The summed E-state index contributed by atoms with van der Waals surface area (Å²) in [6.45, 7) is 2.09. The normalized spacial score (nSPS) is 10.1. The molecule has 0 fully saturated rings. The van der Waals surface area contributed by atoms with Crippen molar-refractivity contribution in [2.45, 2.75) is 6.92 Å². The quantitative estimate of drug-likeness (QED) is 0.695. The van der Waals surface area contributed by atoms with Crippen LogP contribution in [-0.2, 0) is 0 Å². The summed E-state index contributed by atoms with van der Waals surface area (Å²) in [7, 11) is 0. The van der Waals surface area contributed by atoms with Crippen molar-refractivity contribution in [1.29, 1.82) is 0 Å². The van der Waals surface area contributed by atoms with E-state index in [4.69, 9.17) is 0 Å². The van der Waals surface area contributed by atoms with Crippen LogP contribution in [0.1, 0.15) is 16.7 Å². The minimum absolute atomic E-state index is 1.14. The molecule has 0 amide bonds. The zero-order valence-electron chi connectivity index (χ0n) is 8.14. The predicted molar refractivity (Wildman–Crippen MR) is 57.9 cm³/mol. The van der Waals surface area contributed by atoms with Crippen molar-refractivity contribution in [2.75, 3.05) is 0 Å². The Labute approximate surface area is 84.4 Å². The van der Waals surface area contributed by atoms with E-state index in [1.54, 1.807) is 6.20 Å². The Bertz CT molecular complexity index is 389. The molecule has 1 aromatic heterocycles. The number of pyridine rings is 1. The van der Waals surface area contributed by atoms with E-state index in [0.29, 0.717) is 0 Å². The molecule has 0 aliphatic carbocycles. The van der Waals surface area contributed by atoms with Gasteiger partial charge in [-0.25, -0.2) is 0 Å². The van der Waals surface area contributed by atoms with Crippen LogP contribution in [0.4, 0.5) is 0 Å². The topological polar surface area (TPSA) is 12.9 Å². The number of aryl methyl sites for hydroxylation is 1. The molecule has 2 aromatic rings. The number of benzene rings is 1. The molecule has 0 atom stereocenters. The molecule has 1 nitrogen and oxygen atoms in total. The molecule has 0 spiro atoms. The molecule has 2 rings (SSSR count). The van der Waals surface area contributed by atoms with E-state index in [9.17, 15) is 0 Å². The maximum absolute atomic E-state index is 4.07. The van der Waals surface area contributed by atoms with Crippen LogP contribution >= 0.6 is 0 Å². The molecule has 0 N–H and O–H groups in total. The van der Waals surface area contributed by atoms with Gasteiger partial charge in [0.25, 0.3) is 0 Å². The van der Waals surface area contributed by atoms with Gasteiger partial charge in [0, 0.05) is 18.8 Å². The lowest BCUT2D eigenvalue weighted by Gasteiger charge is -2.00. The van der Waals surface area contributed by atoms with Crippen LogP contribution < -0.4 is 0 Å². The first-order chi connectivity index (χ1) is 6.84. The fourth-order valence-corrected chi connectivity index (χ4v) is 1.32. The Balaban J connectivity index is 2.16. The predicted octanol–water partition coefficient (Wildman–Crippen LogP) is 2.99. The Hall–Kier alpha value is -1.63. The molecule has 1 aromatic carbocycles. The Morgan fingerprint density at radius 2 is 1.79 bits per heavy atom. The molecule has 0 saturated heterocycles. The lowest BCUT2D eigenvalue weighted by atomic mass is 10.1. The molecule has 1 radical (unpaired) electrons. The third kappa shape index (κ3) is 2.19. The van der Waals surface area contributed by atoms with Crippen LogP contribution in [-0.4, -0.2) is 4.98 Å². The summed E-state index contributed by atoms with van der Waals surface area (Å²) in [5.74, 6) is 0. The van der Waals surface area contributed by atoms with Gasteiger partial charge in [-0.2, -0.15) is 0 Å². The first-order valence-electron chi connectivity index (χ1n) is 4.66. The lowest BCUT2D eigenvalue weighted by Crippen LogP contribution is -1.85. The minimum Gasteiger partial charge on any atom is -0.264 e. The van der Waals surface area contributed by atoms with Gasteiger partial charge < -0.3 is 0 Å². The zero-order chi connectivity index (χ0) is 9.80. The van der Waals surface area contributed by atoms with E-state index in [1.807, 2.05) is 18.3 Å². The van der Waals surface area contributed by atoms with Gasteiger partial charge in [0.15, 0.2) is 0 Å². The van der Waals surface area contributed by atoms with E-state index in [1.165, 1.54) is 11.1 Å². The molecule has 0 unspecified atom stereocenters. The van der Waals surface area contributed by atoms with E-state index in [-0.39, 0.29) is 0 Å². The summed E-state index contributed by atoms with van der Waals surface area (Å²) in [5, 5.41) is 0. The van der Waals surface area contributed by atoms with Crippen LogP contribution in [0.2, 0.25) is 0 Å². The van der Waals surface area contributed by atoms with E-state index in [0.717, 1.165) is 5.56 Å². The standard InChI is InChI=1S/C13H12N/c1-11-4-6-12(7-5-11)9-13-3-2-8-14-10-13/h2-10H,1H3.